The predicted octanol–water partition coefficient (Wildman–Crippen LogP) is 4.09. The molecule has 0 saturated carbocycles. The van der Waals surface area contributed by atoms with Gasteiger partial charge in [-0.1, -0.05) is 35.9 Å². The molecular formula is C15H14ClF2NO2. The number of aliphatic hydroxyl groups is 1. The van der Waals surface area contributed by atoms with Gasteiger partial charge >= 0.3 is 6.61 Å². The van der Waals surface area contributed by atoms with E-state index in [1.54, 1.807) is 30.3 Å². The summed E-state index contributed by atoms with van der Waals surface area (Å²) in [5.41, 5.74) is 1.42. The summed E-state index contributed by atoms with van der Waals surface area (Å²) in [4.78, 5) is 0. The highest BCUT2D eigenvalue weighted by molar-refractivity contribution is 6.33. The molecular weight excluding hydrogens is 300 g/mol. The van der Waals surface area contributed by atoms with Gasteiger partial charge in [0.2, 0.25) is 0 Å². The van der Waals surface area contributed by atoms with Crippen LogP contribution in [-0.4, -0.2) is 18.3 Å². The molecule has 0 radical (unpaired) electrons. The summed E-state index contributed by atoms with van der Waals surface area (Å²) < 4.78 is 28.5. The Balaban J connectivity index is 2.12. The number of anilines is 1. The molecule has 0 aliphatic rings. The summed E-state index contributed by atoms with van der Waals surface area (Å²) in [6.45, 7) is -3.02. The third-order valence-electron chi connectivity index (χ3n) is 2.89. The summed E-state index contributed by atoms with van der Waals surface area (Å²) in [6, 6.07) is 12.8. The van der Waals surface area contributed by atoms with Crippen molar-refractivity contribution in [3.8, 4) is 5.75 Å². The molecule has 0 spiro atoms. The molecule has 0 aliphatic carbocycles. The zero-order valence-electron chi connectivity index (χ0n) is 11.0. The Morgan fingerprint density at radius 3 is 2.33 bits per heavy atom. The summed E-state index contributed by atoms with van der Waals surface area (Å²) in [7, 11) is 0. The van der Waals surface area contributed by atoms with E-state index in [1.807, 2.05) is 6.07 Å². The monoisotopic (exact) mass is 313 g/mol. The third-order valence-corrected chi connectivity index (χ3v) is 3.22. The van der Waals surface area contributed by atoms with Crippen molar-refractivity contribution in [3.05, 3.63) is 59.1 Å². The molecule has 21 heavy (non-hydrogen) atoms. The van der Waals surface area contributed by atoms with Crippen LogP contribution in [0.5, 0.6) is 5.75 Å². The van der Waals surface area contributed by atoms with Crippen molar-refractivity contribution >= 4 is 17.3 Å². The highest BCUT2D eigenvalue weighted by Gasteiger charge is 2.12. The van der Waals surface area contributed by atoms with Crippen molar-refractivity contribution in [1.29, 1.82) is 0 Å². The van der Waals surface area contributed by atoms with Crippen molar-refractivity contribution < 1.29 is 18.6 Å². The molecule has 0 aromatic heterocycles. The first-order chi connectivity index (χ1) is 10.1. The van der Waals surface area contributed by atoms with E-state index in [4.69, 9.17) is 11.6 Å². The smallest absolute Gasteiger partial charge is 0.387 e. The first-order valence-electron chi connectivity index (χ1n) is 6.27. The average Bonchev–Trinajstić information content (AvgIpc) is 2.47. The van der Waals surface area contributed by atoms with E-state index in [-0.39, 0.29) is 12.4 Å². The Bertz CT molecular complexity index is 578. The summed E-state index contributed by atoms with van der Waals surface area (Å²) >= 11 is 6.05. The Kier molecular flexibility index (Phi) is 5.36. The molecule has 2 N–H and O–H groups in total. The molecule has 2 aromatic rings. The van der Waals surface area contributed by atoms with E-state index in [1.165, 1.54) is 12.1 Å². The van der Waals surface area contributed by atoms with Crippen LogP contribution < -0.4 is 10.1 Å². The fourth-order valence-corrected chi connectivity index (χ4v) is 2.07. The van der Waals surface area contributed by atoms with E-state index >= 15 is 0 Å². The van der Waals surface area contributed by atoms with E-state index in [0.717, 1.165) is 5.56 Å². The number of alkyl halides is 2. The number of aliphatic hydroxyl groups excluding tert-OH is 1. The van der Waals surface area contributed by atoms with Gasteiger partial charge < -0.3 is 15.2 Å². The number of hydrogen-bond donors (Lipinski definition) is 2. The molecule has 3 nitrogen and oxygen atoms in total. The average molecular weight is 314 g/mol. The van der Waals surface area contributed by atoms with Crippen LogP contribution in [0.4, 0.5) is 14.5 Å². The molecule has 0 saturated heterocycles. The van der Waals surface area contributed by atoms with Gasteiger partial charge in [-0.25, -0.2) is 0 Å². The van der Waals surface area contributed by atoms with E-state index < -0.39 is 12.7 Å². The van der Waals surface area contributed by atoms with Crippen LogP contribution in [0.1, 0.15) is 11.6 Å². The molecule has 0 aliphatic heterocycles. The van der Waals surface area contributed by atoms with Crippen molar-refractivity contribution in [2.75, 3.05) is 11.9 Å². The fourth-order valence-electron chi connectivity index (χ4n) is 1.88. The zero-order chi connectivity index (χ0) is 15.2. The molecule has 0 amide bonds. The van der Waals surface area contributed by atoms with Gasteiger partial charge in [0.25, 0.3) is 0 Å². The number of hydrogen-bond acceptors (Lipinski definition) is 3. The molecule has 1 unspecified atom stereocenters. The van der Waals surface area contributed by atoms with E-state index in [9.17, 15) is 13.9 Å². The molecule has 6 heteroatoms. The van der Waals surface area contributed by atoms with Crippen LogP contribution in [0.15, 0.2) is 48.5 Å². The fraction of sp³-hybridized carbons (Fsp3) is 0.200. The van der Waals surface area contributed by atoms with Gasteiger partial charge in [-0.05, 0) is 29.8 Å². The number of halogens is 3. The number of rotatable bonds is 6. The number of nitrogens with one attached hydrogen (secondary N) is 1. The predicted molar refractivity (Wildman–Crippen MR) is 78.0 cm³/mol. The van der Waals surface area contributed by atoms with Crippen LogP contribution in [0.3, 0.4) is 0 Å². The summed E-state index contributed by atoms with van der Waals surface area (Å²) in [5.74, 6) is 0.0724. The van der Waals surface area contributed by atoms with Gasteiger partial charge in [-0.15, -0.1) is 0 Å². The maximum atomic E-state index is 12.1. The summed E-state index contributed by atoms with van der Waals surface area (Å²) in [6.07, 6.45) is 0. The molecule has 112 valence electrons. The van der Waals surface area contributed by atoms with Gasteiger partial charge in [-0.2, -0.15) is 8.78 Å². The molecule has 2 aromatic carbocycles. The van der Waals surface area contributed by atoms with E-state index in [2.05, 4.69) is 10.1 Å². The first kappa shape index (κ1) is 15.5. The summed E-state index contributed by atoms with van der Waals surface area (Å²) in [5, 5.41) is 13.1. The lowest BCUT2D eigenvalue weighted by Crippen LogP contribution is -2.15. The van der Waals surface area contributed by atoms with Crippen LogP contribution in [0, 0.1) is 0 Å². The quantitative estimate of drug-likeness (QED) is 0.844. The van der Waals surface area contributed by atoms with Crippen LogP contribution >= 0.6 is 11.6 Å². The highest BCUT2D eigenvalue weighted by Crippen LogP contribution is 2.27. The molecule has 0 bridgehead atoms. The normalized spacial score (nSPS) is 12.2. The minimum Gasteiger partial charge on any atom is -0.435 e. The lowest BCUT2D eigenvalue weighted by Gasteiger charge is -2.19. The first-order valence-corrected chi connectivity index (χ1v) is 6.64. The lowest BCUT2D eigenvalue weighted by atomic mass is 10.1. The van der Waals surface area contributed by atoms with Crippen LogP contribution in [0.2, 0.25) is 5.02 Å². The Morgan fingerprint density at radius 1 is 1.10 bits per heavy atom. The minimum absolute atomic E-state index is 0.0724. The Labute approximate surface area is 126 Å². The second-order valence-electron chi connectivity index (χ2n) is 4.31. The number of ether oxygens (including phenoxy) is 1. The van der Waals surface area contributed by atoms with Crippen LogP contribution in [0.25, 0.3) is 0 Å². The Hall–Kier alpha value is -1.85. The van der Waals surface area contributed by atoms with E-state index in [0.29, 0.717) is 10.7 Å². The second kappa shape index (κ2) is 7.24. The standard InChI is InChI=1S/C15H14ClF2NO2/c16-12-3-1-2-4-13(12)19-14(9-20)10-5-7-11(8-6-10)21-15(17)18/h1-8,14-15,19-20H,9H2. The zero-order valence-corrected chi connectivity index (χ0v) is 11.7. The van der Waals surface area contributed by atoms with Gasteiger partial charge in [-0.3, -0.25) is 0 Å². The maximum Gasteiger partial charge on any atom is 0.387 e. The minimum atomic E-state index is -2.86. The number of benzene rings is 2. The van der Waals surface area contributed by atoms with Crippen molar-refractivity contribution in [2.45, 2.75) is 12.7 Å². The SMILES string of the molecule is OCC(Nc1ccccc1Cl)c1ccc(OC(F)F)cc1. The maximum absolute atomic E-state index is 12.1. The molecule has 2 rings (SSSR count). The van der Waals surface area contributed by atoms with Gasteiger partial charge in [0.15, 0.2) is 0 Å². The topological polar surface area (TPSA) is 41.5 Å². The van der Waals surface area contributed by atoms with Crippen molar-refractivity contribution in [3.63, 3.8) is 0 Å². The largest absolute Gasteiger partial charge is 0.435 e. The number of para-hydroxylation sites is 1. The highest BCUT2D eigenvalue weighted by atomic mass is 35.5. The molecule has 0 fully saturated rings. The third kappa shape index (κ3) is 4.31. The molecule has 1 atom stereocenters. The van der Waals surface area contributed by atoms with Crippen molar-refractivity contribution in [2.24, 2.45) is 0 Å². The van der Waals surface area contributed by atoms with Crippen molar-refractivity contribution in [1.82, 2.24) is 0 Å². The Morgan fingerprint density at radius 2 is 1.76 bits per heavy atom. The second-order valence-corrected chi connectivity index (χ2v) is 4.71. The van der Waals surface area contributed by atoms with Crippen LogP contribution in [-0.2, 0) is 0 Å². The van der Waals surface area contributed by atoms with Gasteiger partial charge in [0.05, 0.1) is 23.4 Å². The lowest BCUT2D eigenvalue weighted by molar-refractivity contribution is -0.0498. The van der Waals surface area contributed by atoms with Gasteiger partial charge in [0.1, 0.15) is 5.75 Å². The van der Waals surface area contributed by atoms with Gasteiger partial charge in [0, 0.05) is 0 Å². The molecule has 0 heterocycles.